The number of benzene rings is 1. The number of piperidine rings is 1. The van der Waals surface area contributed by atoms with Gasteiger partial charge in [0, 0.05) is 24.9 Å². The van der Waals surface area contributed by atoms with Crippen LogP contribution in [0.4, 0.5) is 0 Å². The average molecular weight is 342 g/mol. The predicted octanol–water partition coefficient (Wildman–Crippen LogP) is 2.91. The molecule has 0 amide bonds. The molecule has 2 aliphatic heterocycles. The Kier molecular flexibility index (Phi) is 5.76. The summed E-state index contributed by atoms with van der Waals surface area (Å²) in [6.07, 6.45) is 4.32. The molecule has 2 bridgehead atoms. The fourth-order valence-corrected chi connectivity index (χ4v) is 3.64. The summed E-state index contributed by atoms with van der Waals surface area (Å²) in [7, 11) is 5.31. The van der Waals surface area contributed by atoms with Crippen LogP contribution in [0.25, 0.3) is 0 Å². The Morgan fingerprint density at radius 3 is 2.26 bits per heavy atom. The maximum Gasteiger partial charge on any atom is 0.338 e. The van der Waals surface area contributed by atoms with Crippen LogP contribution in [0, 0.1) is 0 Å². The minimum atomic E-state index is -0.282. The number of carbonyl (C=O) groups excluding carboxylic acids is 1. The second kappa shape index (κ2) is 7.41. The molecular weight excluding hydrogens is 318 g/mol. The van der Waals surface area contributed by atoms with E-state index in [9.17, 15) is 4.79 Å². The third-order valence-electron chi connectivity index (χ3n) is 4.95. The average Bonchev–Trinajstić information content (AvgIpc) is 2.76. The van der Waals surface area contributed by atoms with E-state index < -0.39 is 0 Å². The number of carbonyl (C=O) groups is 1. The minimum absolute atomic E-state index is 0. The van der Waals surface area contributed by atoms with E-state index in [1.807, 2.05) is 0 Å². The molecule has 0 aromatic heterocycles. The Labute approximate surface area is 143 Å². The highest BCUT2D eigenvalue weighted by Crippen LogP contribution is 2.36. The Balaban J connectivity index is 0.00000192. The van der Waals surface area contributed by atoms with E-state index in [1.54, 1.807) is 32.4 Å². The summed E-state index contributed by atoms with van der Waals surface area (Å²) in [4.78, 5) is 14.8. The molecule has 2 atom stereocenters. The lowest BCUT2D eigenvalue weighted by Gasteiger charge is -2.35. The SMILES string of the molecule is COc1ccc(C(=O)OC2CC3CCC(C2)N3C)cc1OC.Cl. The van der Waals surface area contributed by atoms with Gasteiger partial charge in [0.05, 0.1) is 19.8 Å². The van der Waals surface area contributed by atoms with Gasteiger partial charge >= 0.3 is 5.97 Å². The molecule has 0 N–H and O–H groups in total. The maximum atomic E-state index is 12.4. The fraction of sp³-hybridized carbons (Fsp3) is 0.588. The lowest BCUT2D eigenvalue weighted by molar-refractivity contribution is -0.000478. The Morgan fingerprint density at radius 2 is 1.70 bits per heavy atom. The van der Waals surface area contributed by atoms with Crippen molar-refractivity contribution in [2.75, 3.05) is 21.3 Å². The molecule has 3 rings (SSSR count). The molecular formula is C17H24ClNO4. The van der Waals surface area contributed by atoms with E-state index in [4.69, 9.17) is 14.2 Å². The van der Waals surface area contributed by atoms with Crippen molar-refractivity contribution in [3.63, 3.8) is 0 Å². The Hall–Kier alpha value is -1.46. The third kappa shape index (κ3) is 3.56. The van der Waals surface area contributed by atoms with Crippen molar-refractivity contribution in [1.29, 1.82) is 0 Å². The highest BCUT2D eigenvalue weighted by molar-refractivity contribution is 5.90. The zero-order valence-electron chi connectivity index (χ0n) is 13.8. The van der Waals surface area contributed by atoms with Gasteiger partial charge in [-0.25, -0.2) is 4.79 Å². The number of halogens is 1. The second-order valence-electron chi connectivity index (χ2n) is 6.12. The van der Waals surface area contributed by atoms with Gasteiger partial charge < -0.3 is 19.1 Å². The number of rotatable bonds is 4. The van der Waals surface area contributed by atoms with Gasteiger partial charge in [0.1, 0.15) is 6.10 Å². The third-order valence-corrected chi connectivity index (χ3v) is 4.95. The van der Waals surface area contributed by atoms with Gasteiger partial charge in [0.15, 0.2) is 11.5 Å². The molecule has 128 valence electrons. The van der Waals surface area contributed by atoms with Crippen LogP contribution in [-0.2, 0) is 4.74 Å². The van der Waals surface area contributed by atoms with E-state index in [-0.39, 0.29) is 24.5 Å². The van der Waals surface area contributed by atoms with Gasteiger partial charge in [0.2, 0.25) is 0 Å². The summed E-state index contributed by atoms with van der Waals surface area (Å²) in [6, 6.07) is 6.23. The molecule has 1 aromatic carbocycles. The largest absolute Gasteiger partial charge is 0.493 e. The summed E-state index contributed by atoms with van der Waals surface area (Å²) >= 11 is 0. The summed E-state index contributed by atoms with van der Waals surface area (Å²) in [6.45, 7) is 0. The molecule has 2 saturated heterocycles. The fourth-order valence-electron chi connectivity index (χ4n) is 3.64. The number of hydrogen-bond acceptors (Lipinski definition) is 5. The molecule has 6 heteroatoms. The minimum Gasteiger partial charge on any atom is -0.493 e. The van der Waals surface area contributed by atoms with E-state index >= 15 is 0 Å². The number of hydrogen-bond donors (Lipinski definition) is 0. The topological polar surface area (TPSA) is 48.0 Å². The first-order chi connectivity index (χ1) is 10.6. The predicted molar refractivity (Wildman–Crippen MR) is 89.8 cm³/mol. The number of nitrogens with zero attached hydrogens (tertiary/aromatic N) is 1. The standard InChI is InChI=1S/C17H23NO4.ClH/c1-18-12-5-6-13(18)10-14(9-12)22-17(19)11-4-7-15(20-2)16(8-11)21-3;/h4,7-8,12-14H,5-6,9-10H2,1-3H3;1H. The maximum absolute atomic E-state index is 12.4. The summed E-state index contributed by atoms with van der Waals surface area (Å²) in [5.41, 5.74) is 0.504. The molecule has 0 radical (unpaired) electrons. The zero-order valence-corrected chi connectivity index (χ0v) is 14.6. The van der Waals surface area contributed by atoms with Crippen LogP contribution in [0.1, 0.15) is 36.0 Å². The number of fused-ring (bicyclic) bond motifs is 2. The van der Waals surface area contributed by atoms with Gasteiger partial charge in [0.25, 0.3) is 0 Å². The molecule has 0 aliphatic carbocycles. The van der Waals surface area contributed by atoms with Crippen molar-refractivity contribution in [3.05, 3.63) is 23.8 Å². The second-order valence-corrected chi connectivity index (χ2v) is 6.12. The number of methoxy groups -OCH3 is 2. The van der Waals surface area contributed by atoms with Crippen LogP contribution < -0.4 is 9.47 Å². The first-order valence-corrected chi connectivity index (χ1v) is 7.77. The van der Waals surface area contributed by atoms with Gasteiger partial charge in [-0.1, -0.05) is 0 Å². The monoisotopic (exact) mass is 341 g/mol. The summed E-state index contributed by atoms with van der Waals surface area (Å²) in [5, 5.41) is 0. The number of esters is 1. The van der Waals surface area contributed by atoms with E-state index in [2.05, 4.69) is 11.9 Å². The van der Waals surface area contributed by atoms with Gasteiger partial charge in [-0.05, 0) is 38.1 Å². The first kappa shape index (κ1) is 17.9. The summed E-state index contributed by atoms with van der Waals surface area (Å²) < 4.78 is 16.1. The first-order valence-electron chi connectivity index (χ1n) is 7.77. The van der Waals surface area contributed by atoms with E-state index in [0.29, 0.717) is 29.1 Å². The van der Waals surface area contributed by atoms with Crippen molar-refractivity contribution >= 4 is 18.4 Å². The van der Waals surface area contributed by atoms with Crippen LogP contribution >= 0.6 is 12.4 Å². The highest BCUT2D eigenvalue weighted by Gasteiger charge is 2.39. The molecule has 2 aliphatic rings. The molecule has 5 nitrogen and oxygen atoms in total. The van der Waals surface area contributed by atoms with Crippen molar-refractivity contribution in [3.8, 4) is 11.5 Å². The highest BCUT2D eigenvalue weighted by atomic mass is 35.5. The van der Waals surface area contributed by atoms with Crippen LogP contribution in [0.5, 0.6) is 11.5 Å². The molecule has 0 saturated carbocycles. The van der Waals surface area contributed by atoms with Crippen molar-refractivity contribution in [2.45, 2.75) is 43.9 Å². The van der Waals surface area contributed by atoms with Gasteiger partial charge in [-0.2, -0.15) is 0 Å². The quantitative estimate of drug-likeness (QED) is 0.788. The van der Waals surface area contributed by atoms with Crippen molar-refractivity contribution in [2.24, 2.45) is 0 Å². The molecule has 0 spiro atoms. The Bertz CT molecular complexity index is 552. The number of ether oxygens (including phenoxy) is 3. The molecule has 23 heavy (non-hydrogen) atoms. The summed E-state index contributed by atoms with van der Waals surface area (Å²) in [5.74, 6) is 0.867. The van der Waals surface area contributed by atoms with Gasteiger partial charge in [-0.3, -0.25) is 0 Å². The smallest absolute Gasteiger partial charge is 0.338 e. The van der Waals surface area contributed by atoms with Gasteiger partial charge in [-0.15, -0.1) is 12.4 Å². The lowest BCUT2D eigenvalue weighted by Crippen LogP contribution is -2.43. The van der Waals surface area contributed by atoms with Crippen LogP contribution in [0.3, 0.4) is 0 Å². The molecule has 2 unspecified atom stereocenters. The van der Waals surface area contributed by atoms with E-state index in [0.717, 1.165) is 12.8 Å². The normalized spacial score (nSPS) is 26.3. The molecule has 2 fully saturated rings. The van der Waals surface area contributed by atoms with Crippen LogP contribution in [0.15, 0.2) is 18.2 Å². The molecule has 1 aromatic rings. The lowest BCUT2D eigenvalue weighted by atomic mass is 10.0. The van der Waals surface area contributed by atoms with Crippen molar-refractivity contribution in [1.82, 2.24) is 4.90 Å². The van der Waals surface area contributed by atoms with Crippen molar-refractivity contribution < 1.29 is 19.0 Å². The van der Waals surface area contributed by atoms with Crippen LogP contribution in [-0.4, -0.2) is 50.3 Å². The molecule has 2 heterocycles. The van der Waals surface area contributed by atoms with E-state index in [1.165, 1.54) is 12.8 Å². The zero-order chi connectivity index (χ0) is 15.7. The Morgan fingerprint density at radius 1 is 1.09 bits per heavy atom. The van der Waals surface area contributed by atoms with Crippen LogP contribution in [0.2, 0.25) is 0 Å².